The minimum absolute atomic E-state index is 0.0227. The standard InChI is InChI=1S/C12H14N2OS/c1-2-5-14-12(15)9-3-6-13-10-4-7-16-11(10)8-9/h4,6-8H,2-3,5H2,1H3,(H,14,15). The average molecular weight is 234 g/mol. The molecule has 0 radical (unpaired) electrons. The Morgan fingerprint density at radius 2 is 2.50 bits per heavy atom. The minimum atomic E-state index is 0.0227. The molecule has 0 aromatic carbocycles. The van der Waals surface area contributed by atoms with Crippen LogP contribution in [0.4, 0.5) is 5.69 Å². The van der Waals surface area contributed by atoms with Crippen molar-refractivity contribution in [3.05, 3.63) is 21.9 Å². The zero-order chi connectivity index (χ0) is 11.4. The van der Waals surface area contributed by atoms with Crippen LogP contribution in [0.5, 0.6) is 0 Å². The Bertz CT molecular complexity index is 446. The van der Waals surface area contributed by atoms with Crippen molar-refractivity contribution in [2.45, 2.75) is 19.8 Å². The van der Waals surface area contributed by atoms with Gasteiger partial charge in [0.2, 0.25) is 5.91 Å². The van der Waals surface area contributed by atoms with Crippen LogP contribution >= 0.6 is 11.3 Å². The number of hydrogen-bond acceptors (Lipinski definition) is 3. The second-order valence-electron chi connectivity index (χ2n) is 3.61. The van der Waals surface area contributed by atoms with E-state index in [4.69, 9.17) is 0 Å². The Morgan fingerprint density at radius 1 is 1.62 bits per heavy atom. The lowest BCUT2D eigenvalue weighted by Gasteiger charge is -2.04. The second-order valence-corrected chi connectivity index (χ2v) is 4.56. The highest BCUT2D eigenvalue weighted by atomic mass is 32.1. The molecule has 1 amide bonds. The molecule has 1 aliphatic heterocycles. The summed E-state index contributed by atoms with van der Waals surface area (Å²) in [4.78, 5) is 17.2. The fourth-order valence-electron chi connectivity index (χ4n) is 1.50. The van der Waals surface area contributed by atoms with Gasteiger partial charge in [0.1, 0.15) is 0 Å². The quantitative estimate of drug-likeness (QED) is 0.858. The number of nitrogens with zero attached hydrogens (tertiary/aromatic N) is 1. The Morgan fingerprint density at radius 3 is 3.31 bits per heavy atom. The van der Waals surface area contributed by atoms with Crippen LogP contribution in [0.3, 0.4) is 0 Å². The molecule has 2 rings (SSSR count). The summed E-state index contributed by atoms with van der Waals surface area (Å²) in [6.07, 6.45) is 5.31. The lowest BCUT2D eigenvalue weighted by atomic mass is 10.1. The molecule has 0 unspecified atom stereocenters. The third-order valence-electron chi connectivity index (χ3n) is 2.35. The van der Waals surface area contributed by atoms with Crippen LogP contribution in [-0.2, 0) is 4.79 Å². The Hall–Kier alpha value is -1.42. The molecule has 0 spiro atoms. The van der Waals surface area contributed by atoms with Gasteiger partial charge in [0.05, 0.1) is 10.6 Å². The highest BCUT2D eigenvalue weighted by molar-refractivity contribution is 7.11. The molecular weight excluding hydrogens is 220 g/mol. The van der Waals surface area contributed by atoms with Crippen LogP contribution in [0.15, 0.2) is 22.0 Å². The van der Waals surface area contributed by atoms with Crippen LogP contribution in [-0.4, -0.2) is 18.7 Å². The highest BCUT2D eigenvalue weighted by Gasteiger charge is 2.12. The van der Waals surface area contributed by atoms with E-state index in [0.717, 1.165) is 29.1 Å². The van der Waals surface area contributed by atoms with Gasteiger partial charge in [-0.3, -0.25) is 9.79 Å². The van der Waals surface area contributed by atoms with Gasteiger partial charge in [0.15, 0.2) is 0 Å². The molecule has 0 saturated heterocycles. The zero-order valence-electron chi connectivity index (χ0n) is 9.19. The maximum Gasteiger partial charge on any atom is 0.247 e. The number of fused-ring (bicyclic) bond motifs is 1. The van der Waals surface area contributed by atoms with Crippen molar-refractivity contribution in [3.63, 3.8) is 0 Å². The number of amides is 1. The maximum atomic E-state index is 11.8. The summed E-state index contributed by atoms with van der Waals surface area (Å²) < 4.78 is 0. The van der Waals surface area contributed by atoms with Crippen LogP contribution in [0.25, 0.3) is 6.08 Å². The topological polar surface area (TPSA) is 41.5 Å². The predicted molar refractivity (Wildman–Crippen MR) is 68.4 cm³/mol. The third-order valence-corrected chi connectivity index (χ3v) is 3.20. The number of nitrogens with one attached hydrogen (secondary N) is 1. The summed E-state index contributed by atoms with van der Waals surface area (Å²) in [6.45, 7) is 2.77. The van der Waals surface area contributed by atoms with Crippen LogP contribution in [0.2, 0.25) is 0 Å². The average Bonchev–Trinajstić information content (AvgIpc) is 2.63. The second kappa shape index (κ2) is 5.07. The fourth-order valence-corrected chi connectivity index (χ4v) is 2.29. The summed E-state index contributed by atoms with van der Waals surface area (Å²) in [5, 5.41) is 4.88. The number of aliphatic imine (C=N–C) groups is 1. The number of carbonyl (C=O) groups excluding carboxylic acids is 1. The van der Waals surface area contributed by atoms with E-state index in [0.29, 0.717) is 6.42 Å². The lowest BCUT2D eigenvalue weighted by Crippen LogP contribution is -2.25. The molecule has 0 fully saturated rings. The van der Waals surface area contributed by atoms with Crippen LogP contribution in [0.1, 0.15) is 24.6 Å². The maximum absolute atomic E-state index is 11.8. The molecule has 3 nitrogen and oxygen atoms in total. The normalized spacial score (nSPS) is 13.9. The summed E-state index contributed by atoms with van der Waals surface area (Å²) >= 11 is 1.61. The molecule has 1 aromatic heterocycles. The van der Waals surface area contributed by atoms with Crippen molar-refractivity contribution in [2.24, 2.45) is 4.99 Å². The van der Waals surface area contributed by atoms with Gasteiger partial charge in [-0.2, -0.15) is 0 Å². The van der Waals surface area contributed by atoms with E-state index < -0.39 is 0 Å². The smallest absolute Gasteiger partial charge is 0.247 e. The SMILES string of the molecule is CCCNC(=O)C1=Cc2sccc2N=CC1. The molecule has 1 aliphatic rings. The van der Waals surface area contributed by atoms with Gasteiger partial charge in [-0.15, -0.1) is 11.3 Å². The molecule has 2 heterocycles. The first-order valence-electron chi connectivity index (χ1n) is 5.40. The van der Waals surface area contributed by atoms with Crippen molar-refractivity contribution >= 4 is 35.2 Å². The van der Waals surface area contributed by atoms with E-state index in [1.807, 2.05) is 24.4 Å². The van der Waals surface area contributed by atoms with Gasteiger partial charge in [-0.1, -0.05) is 6.92 Å². The molecule has 1 aromatic rings. The van der Waals surface area contributed by atoms with E-state index in [1.165, 1.54) is 0 Å². The van der Waals surface area contributed by atoms with Gasteiger partial charge in [-0.05, 0) is 23.9 Å². The van der Waals surface area contributed by atoms with Gasteiger partial charge in [0, 0.05) is 24.8 Å². The van der Waals surface area contributed by atoms with Crippen LogP contribution in [0, 0.1) is 0 Å². The monoisotopic (exact) mass is 234 g/mol. The Balaban J connectivity index is 2.18. The first-order chi connectivity index (χ1) is 7.81. The molecule has 84 valence electrons. The highest BCUT2D eigenvalue weighted by Crippen LogP contribution is 2.29. The minimum Gasteiger partial charge on any atom is -0.352 e. The molecule has 0 aliphatic carbocycles. The van der Waals surface area contributed by atoms with Gasteiger partial charge in [-0.25, -0.2) is 0 Å². The summed E-state index contributed by atoms with van der Waals surface area (Å²) in [5.41, 5.74) is 1.75. The lowest BCUT2D eigenvalue weighted by molar-refractivity contribution is -0.117. The van der Waals surface area contributed by atoms with Crippen molar-refractivity contribution in [1.82, 2.24) is 5.32 Å². The molecule has 16 heavy (non-hydrogen) atoms. The fraction of sp³-hybridized carbons (Fsp3) is 0.333. The molecule has 4 heteroatoms. The molecule has 0 atom stereocenters. The molecule has 0 saturated carbocycles. The predicted octanol–water partition coefficient (Wildman–Crippen LogP) is 2.76. The molecule has 0 bridgehead atoms. The van der Waals surface area contributed by atoms with E-state index in [2.05, 4.69) is 10.3 Å². The zero-order valence-corrected chi connectivity index (χ0v) is 10.0. The van der Waals surface area contributed by atoms with E-state index >= 15 is 0 Å². The van der Waals surface area contributed by atoms with Crippen molar-refractivity contribution < 1.29 is 4.79 Å². The number of thiophene rings is 1. The van der Waals surface area contributed by atoms with Gasteiger partial charge >= 0.3 is 0 Å². The summed E-state index contributed by atoms with van der Waals surface area (Å²) in [6, 6.07) is 1.97. The summed E-state index contributed by atoms with van der Waals surface area (Å²) in [7, 11) is 0. The Labute approximate surface area is 98.9 Å². The van der Waals surface area contributed by atoms with Crippen molar-refractivity contribution in [2.75, 3.05) is 6.54 Å². The van der Waals surface area contributed by atoms with Gasteiger partial charge in [0.25, 0.3) is 0 Å². The number of hydrogen-bond donors (Lipinski definition) is 1. The van der Waals surface area contributed by atoms with E-state index in [-0.39, 0.29) is 5.91 Å². The van der Waals surface area contributed by atoms with Crippen LogP contribution < -0.4 is 5.32 Å². The first-order valence-corrected chi connectivity index (χ1v) is 6.28. The first kappa shape index (κ1) is 11.1. The van der Waals surface area contributed by atoms with E-state index in [9.17, 15) is 4.79 Å². The summed E-state index contributed by atoms with van der Waals surface area (Å²) in [5.74, 6) is 0.0227. The van der Waals surface area contributed by atoms with Crippen molar-refractivity contribution in [3.8, 4) is 0 Å². The number of carbonyl (C=O) groups is 1. The van der Waals surface area contributed by atoms with Gasteiger partial charge < -0.3 is 5.32 Å². The number of rotatable bonds is 3. The Kier molecular flexibility index (Phi) is 3.51. The van der Waals surface area contributed by atoms with Crippen molar-refractivity contribution in [1.29, 1.82) is 0 Å². The largest absolute Gasteiger partial charge is 0.352 e. The molecular formula is C12H14N2OS. The van der Waals surface area contributed by atoms with E-state index in [1.54, 1.807) is 17.6 Å². The molecule has 1 N–H and O–H groups in total. The third kappa shape index (κ3) is 2.39.